The topological polar surface area (TPSA) is 93.8 Å². The number of aliphatic hydroxyl groups excluding tert-OH is 1. The van der Waals surface area contributed by atoms with Gasteiger partial charge in [-0.25, -0.2) is 0 Å². The van der Waals surface area contributed by atoms with E-state index in [2.05, 4.69) is 22.6 Å². The molecule has 1 aromatic heterocycles. The molecule has 0 unspecified atom stereocenters. The van der Waals surface area contributed by atoms with Crippen LogP contribution >= 0.6 is 11.6 Å². The molecule has 1 amide bonds. The van der Waals surface area contributed by atoms with Crippen LogP contribution < -0.4 is 10.1 Å². The summed E-state index contributed by atoms with van der Waals surface area (Å²) in [6.45, 7) is 0. The van der Waals surface area contributed by atoms with E-state index >= 15 is 0 Å². The Labute approximate surface area is 189 Å². The number of benzene rings is 2. The first-order valence-corrected chi connectivity index (χ1v) is 10.6. The Morgan fingerprint density at radius 2 is 1.91 bits per heavy atom. The molecule has 164 valence electrons. The molecule has 1 saturated carbocycles. The average Bonchev–Trinajstić information content (AvgIpc) is 3.36. The number of nitrogens with one attached hydrogen (secondary N) is 1. The van der Waals surface area contributed by atoms with E-state index in [1.54, 1.807) is 19.2 Å². The van der Waals surface area contributed by atoms with Crippen molar-refractivity contribution >= 4 is 34.5 Å². The second-order valence-electron chi connectivity index (χ2n) is 7.94. The third-order valence-corrected chi connectivity index (χ3v) is 6.45. The van der Waals surface area contributed by atoms with Crippen LogP contribution in [-0.4, -0.2) is 36.5 Å². The first kappa shape index (κ1) is 20.6. The van der Waals surface area contributed by atoms with Crippen LogP contribution in [0.15, 0.2) is 47.0 Å². The molecule has 1 fully saturated rings. The summed E-state index contributed by atoms with van der Waals surface area (Å²) in [7, 11) is 3.18. The number of amides is 1. The minimum Gasteiger partial charge on any atom is -0.504 e. The second kappa shape index (κ2) is 8.00. The van der Waals surface area contributed by atoms with E-state index in [0.29, 0.717) is 28.3 Å². The van der Waals surface area contributed by atoms with Gasteiger partial charge in [-0.1, -0.05) is 35.9 Å². The Balaban J connectivity index is 1.50. The van der Waals surface area contributed by atoms with Gasteiger partial charge < -0.3 is 24.4 Å². The van der Waals surface area contributed by atoms with E-state index in [4.69, 9.17) is 25.6 Å². The predicted molar refractivity (Wildman–Crippen MR) is 121 cm³/mol. The van der Waals surface area contributed by atoms with Crippen molar-refractivity contribution in [2.24, 2.45) is 0 Å². The third kappa shape index (κ3) is 3.43. The number of carbonyl (C=O) groups excluding carboxylic acids is 1. The standard InChI is InChI=1S/C24H21ClN2O5/c1-30-15-7-14(8-15)12-3-5-13(6-4-12)16-9-17-19(10-18(16)25)26-24(29)22(17)23(28)20-11-21(31-2)27-32-20/h3-6,9-11,14-15,28H,7-8H2,1-2H3,(H,26,29)/b23-22+. The van der Waals surface area contributed by atoms with Crippen LogP contribution in [0, 0.1) is 0 Å². The zero-order chi connectivity index (χ0) is 22.4. The number of hydrogen-bond donors (Lipinski definition) is 2. The lowest BCUT2D eigenvalue weighted by molar-refractivity contribution is -0.110. The molecule has 0 atom stereocenters. The van der Waals surface area contributed by atoms with Crippen molar-refractivity contribution in [3.8, 4) is 17.0 Å². The van der Waals surface area contributed by atoms with Gasteiger partial charge in [0.2, 0.25) is 5.76 Å². The zero-order valence-corrected chi connectivity index (χ0v) is 18.3. The summed E-state index contributed by atoms with van der Waals surface area (Å²) >= 11 is 6.54. The maximum atomic E-state index is 12.6. The molecular weight excluding hydrogens is 432 g/mol. The Kier molecular flexibility index (Phi) is 5.15. The Morgan fingerprint density at radius 1 is 1.16 bits per heavy atom. The molecule has 1 aliphatic carbocycles. The zero-order valence-electron chi connectivity index (χ0n) is 17.5. The van der Waals surface area contributed by atoms with Crippen molar-refractivity contribution in [3.63, 3.8) is 0 Å². The molecule has 3 aromatic rings. The summed E-state index contributed by atoms with van der Waals surface area (Å²) in [5, 5.41) is 17.7. The minimum absolute atomic E-state index is 0.0376. The molecule has 2 heterocycles. The second-order valence-corrected chi connectivity index (χ2v) is 8.34. The molecule has 1 aliphatic heterocycles. The van der Waals surface area contributed by atoms with Crippen LogP contribution in [0.1, 0.15) is 35.6 Å². The largest absolute Gasteiger partial charge is 0.504 e. The van der Waals surface area contributed by atoms with Crippen LogP contribution in [0.2, 0.25) is 5.02 Å². The number of fused-ring (bicyclic) bond motifs is 1. The van der Waals surface area contributed by atoms with E-state index in [1.807, 2.05) is 12.1 Å². The molecule has 5 rings (SSSR count). The average molecular weight is 453 g/mol. The maximum Gasteiger partial charge on any atom is 0.260 e. The fraction of sp³-hybridized carbons (Fsp3) is 0.250. The van der Waals surface area contributed by atoms with Crippen LogP contribution in [-0.2, 0) is 9.53 Å². The number of methoxy groups -OCH3 is 2. The highest BCUT2D eigenvalue weighted by Gasteiger charge is 2.32. The Morgan fingerprint density at radius 3 is 2.56 bits per heavy atom. The molecule has 0 bridgehead atoms. The van der Waals surface area contributed by atoms with E-state index in [0.717, 1.165) is 24.0 Å². The summed E-state index contributed by atoms with van der Waals surface area (Å²) in [4.78, 5) is 12.6. The molecule has 0 saturated heterocycles. The van der Waals surface area contributed by atoms with Crippen LogP contribution in [0.3, 0.4) is 0 Å². The number of hydrogen-bond acceptors (Lipinski definition) is 6. The highest BCUT2D eigenvalue weighted by Crippen LogP contribution is 2.43. The van der Waals surface area contributed by atoms with Crippen LogP contribution in [0.25, 0.3) is 22.5 Å². The van der Waals surface area contributed by atoms with Crippen molar-refractivity contribution < 1.29 is 23.9 Å². The van der Waals surface area contributed by atoms with E-state index < -0.39 is 5.91 Å². The van der Waals surface area contributed by atoms with Gasteiger partial charge >= 0.3 is 0 Å². The smallest absolute Gasteiger partial charge is 0.260 e. The van der Waals surface area contributed by atoms with E-state index in [9.17, 15) is 9.90 Å². The van der Waals surface area contributed by atoms with Gasteiger partial charge in [0.1, 0.15) is 0 Å². The normalized spacial score (nSPS) is 21.0. The van der Waals surface area contributed by atoms with Crippen molar-refractivity contribution in [1.82, 2.24) is 5.16 Å². The fourth-order valence-electron chi connectivity index (χ4n) is 4.20. The number of carbonyl (C=O) groups is 1. The van der Waals surface area contributed by atoms with Crippen LogP contribution in [0.4, 0.5) is 5.69 Å². The summed E-state index contributed by atoms with van der Waals surface area (Å²) in [6.07, 6.45) is 2.41. The molecule has 0 radical (unpaired) electrons. The van der Waals surface area contributed by atoms with Gasteiger partial charge in [0.25, 0.3) is 11.8 Å². The van der Waals surface area contributed by atoms with Crippen molar-refractivity contribution in [2.75, 3.05) is 19.5 Å². The van der Waals surface area contributed by atoms with Gasteiger partial charge in [0.15, 0.2) is 5.76 Å². The predicted octanol–water partition coefficient (Wildman–Crippen LogP) is 5.27. The molecule has 2 aromatic carbocycles. The molecule has 32 heavy (non-hydrogen) atoms. The number of anilines is 1. The lowest BCUT2D eigenvalue weighted by atomic mass is 9.77. The quantitative estimate of drug-likeness (QED) is 0.404. The fourth-order valence-corrected chi connectivity index (χ4v) is 4.47. The van der Waals surface area contributed by atoms with Gasteiger partial charge in [0.05, 0.1) is 35.6 Å². The Hall–Kier alpha value is -3.29. The first-order chi connectivity index (χ1) is 15.5. The summed E-state index contributed by atoms with van der Waals surface area (Å²) < 4.78 is 15.5. The van der Waals surface area contributed by atoms with Gasteiger partial charge in [-0.05, 0) is 47.2 Å². The maximum absolute atomic E-state index is 12.6. The number of halogens is 1. The summed E-state index contributed by atoms with van der Waals surface area (Å²) in [6, 6.07) is 13.2. The number of ether oxygens (including phenoxy) is 2. The highest BCUT2D eigenvalue weighted by atomic mass is 35.5. The van der Waals surface area contributed by atoms with Gasteiger partial charge in [-0.2, -0.15) is 0 Å². The highest BCUT2D eigenvalue weighted by molar-refractivity contribution is 6.38. The van der Waals surface area contributed by atoms with E-state index in [1.165, 1.54) is 18.7 Å². The SMILES string of the molecule is COc1cc(/C(O)=C2\C(=O)Nc3cc(Cl)c(-c4ccc(C5CC(OC)C5)cc4)cc32)on1. The monoisotopic (exact) mass is 452 g/mol. The molecule has 0 spiro atoms. The number of aliphatic hydroxyl groups is 1. The molecular formula is C24H21ClN2O5. The molecule has 2 aliphatic rings. The summed E-state index contributed by atoms with van der Waals surface area (Å²) in [5.74, 6) is -0.0225. The minimum atomic E-state index is -0.450. The number of aromatic nitrogens is 1. The number of rotatable bonds is 5. The van der Waals surface area contributed by atoms with E-state index in [-0.39, 0.29) is 23.0 Å². The summed E-state index contributed by atoms with van der Waals surface area (Å²) in [5.41, 5.74) is 4.10. The van der Waals surface area contributed by atoms with Gasteiger partial charge in [0, 0.05) is 18.2 Å². The third-order valence-electron chi connectivity index (χ3n) is 6.14. The molecule has 8 heteroatoms. The first-order valence-electron chi connectivity index (χ1n) is 10.2. The van der Waals surface area contributed by atoms with Crippen molar-refractivity contribution in [3.05, 3.63) is 64.4 Å². The van der Waals surface area contributed by atoms with Crippen molar-refractivity contribution in [1.29, 1.82) is 0 Å². The molecule has 2 N–H and O–H groups in total. The lowest BCUT2D eigenvalue weighted by Crippen LogP contribution is -2.28. The van der Waals surface area contributed by atoms with Crippen LogP contribution in [0.5, 0.6) is 5.88 Å². The van der Waals surface area contributed by atoms with Crippen molar-refractivity contribution in [2.45, 2.75) is 24.9 Å². The van der Waals surface area contributed by atoms with Gasteiger partial charge in [-0.3, -0.25) is 4.79 Å². The molecule has 7 nitrogen and oxygen atoms in total. The number of nitrogens with zero attached hydrogens (tertiary/aromatic N) is 1. The van der Waals surface area contributed by atoms with Gasteiger partial charge in [-0.15, -0.1) is 0 Å². The lowest BCUT2D eigenvalue weighted by Gasteiger charge is -2.34. The Bertz CT molecular complexity index is 1230.